The Morgan fingerprint density at radius 2 is 1.53 bits per heavy atom. The van der Waals surface area contributed by atoms with Gasteiger partial charge in [-0.1, -0.05) is 27.2 Å². The summed E-state index contributed by atoms with van der Waals surface area (Å²) < 4.78 is 0. The Labute approximate surface area is 95.0 Å². The van der Waals surface area contributed by atoms with Gasteiger partial charge < -0.3 is 4.90 Å². The van der Waals surface area contributed by atoms with Crippen molar-refractivity contribution in [2.75, 3.05) is 0 Å². The van der Waals surface area contributed by atoms with Crippen LogP contribution in [0, 0.1) is 0 Å². The molecule has 1 amide bonds. The van der Waals surface area contributed by atoms with E-state index in [0.29, 0.717) is 24.4 Å². The van der Waals surface area contributed by atoms with E-state index in [4.69, 9.17) is 0 Å². The van der Waals surface area contributed by atoms with E-state index in [1.165, 1.54) is 0 Å². The van der Waals surface area contributed by atoms with Crippen LogP contribution in [0.15, 0.2) is 0 Å². The van der Waals surface area contributed by atoms with Gasteiger partial charge in [0.1, 0.15) is 0 Å². The first-order valence-electron chi connectivity index (χ1n) is 6.39. The molecule has 2 nitrogen and oxygen atoms in total. The Morgan fingerprint density at radius 1 is 1.07 bits per heavy atom. The summed E-state index contributed by atoms with van der Waals surface area (Å²) in [7, 11) is 0. The van der Waals surface area contributed by atoms with Crippen molar-refractivity contribution >= 4 is 5.91 Å². The number of amides is 1. The molecule has 2 atom stereocenters. The van der Waals surface area contributed by atoms with Crippen LogP contribution in [0.25, 0.3) is 0 Å². The number of nitrogens with zero attached hydrogens (tertiary/aromatic N) is 1. The SMILES string of the molecule is CCCCC(=O)N(C(C)CC)C(C)CC. The minimum atomic E-state index is 0.334. The van der Waals surface area contributed by atoms with Crippen LogP contribution in [0.4, 0.5) is 0 Å². The van der Waals surface area contributed by atoms with Gasteiger partial charge in [0.2, 0.25) is 5.91 Å². The predicted octanol–water partition coefficient (Wildman–Crippen LogP) is 3.60. The van der Waals surface area contributed by atoms with E-state index in [9.17, 15) is 4.79 Å². The standard InChI is InChI=1S/C13H27NO/c1-6-9-10-13(15)14(11(4)7-2)12(5)8-3/h11-12H,6-10H2,1-5H3. The van der Waals surface area contributed by atoms with Crippen LogP contribution >= 0.6 is 0 Å². The van der Waals surface area contributed by atoms with E-state index < -0.39 is 0 Å². The van der Waals surface area contributed by atoms with Gasteiger partial charge in [-0.2, -0.15) is 0 Å². The van der Waals surface area contributed by atoms with Crippen molar-refractivity contribution in [1.82, 2.24) is 4.90 Å². The summed E-state index contributed by atoms with van der Waals surface area (Å²) in [5.41, 5.74) is 0. The smallest absolute Gasteiger partial charge is 0.223 e. The van der Waals surface area contributed by atoms with E-state index in [1.54, 1.807) is 0 Å². The third-order valence-electron chi connectivity index (χ3n) is 3.16. The zero-order valence-electron chi connectivity index (χ0n) is 11.0. The molecule has 0 heterocycles. The molecule has 0 rings (SSSR count). The minimum Gasteiger partial charge on any atom is -0.337 e. The fourth-order valence-electron chi connectivity index (χ4n) is 1.78. The number of carbonyl (C=O) groups is 1. The van der Waals surface area contributed by atoms with Gasteiger partial charge in [0, 0.05) is 18.5 Å². The van der Waals surface area contributed by atoms with Crippen molar-refractivity contribution in [2.45, 2.75) is 78.8 Å². The second-order valence-corrected chi connectivity index (χ2v) is 4.42. The first kappa shape index (κ1) is 14.5. The van der Waals surface area contributed by atoms with Gasteiger partial charge in [0.05, 0.1) is 0 Å². The number of hydrogen-bond acceptors (Lipinski definition) is 1. The normalized spacial score (nSPS) is 14.7. The number of rotatable bonds is 7. The average Bonchev–Trinajstić information content (AvgIpc) is 2.25. The molecule has 0 aliphatic carbocycles. The Bertz CT molecular complexity index is 169. The molecule has 0 aliphatic rings. The van der Waals surface area contributed by atoms with E-state index in [-0.39, 0.29) is 0 Å². The van der Waals surface area contributed by atoms with Gasteiger partial charge >= 0.3 is 0 Å². The number of hydrogen-bond donors (Lipinski definition) is 0. The summed E-state index contributed by atoms with van der Waals surface area (Å²) in [5, 5.41) is 0. The summed E-state index contributed by atoms with van der Waals surface area (Å²) in [5.74, 6) is 0.334. The Morgan fingerprint density at radius 3 is 1.87 bits per heavy atom. The van der Waals surface area contributed by atoms with Crippen LogP contribution in [-0.4, -0.2) is 22.9 Å². The van der Waals surface area contributed by atoms with Crippen LogP contribution in [0.3, 0.4) is 0 Å². The van der Waals surface area contributed by atoms with Crippen LogP contribution in [-0.2, 0) is 4.79 Å². The second-order valence-electron chi connectivity index (χ2n) is 4.42. The molecule has 0 spiro atoms. The summed E-state index contributed by atoms with van der Waals surface area (Å²) in [6.45, 7) is 10.7. The molecule has 90 valence electrons. The topological polar surface area (TPSA) is 20.3 Å². The lowest BCUT2D eigenvalue weighted by Crippen LogP contribution is -2.44. The third kappa shape index (κ3) is 4.67. The van der Waals surface area contributed by atoms with Crippen molar-refractivity contribution < 1.29 is 4.79 Å². The molecule has 15 heavy (non-hydrogen) atoms. The molecule has 0 N–H and O–H groups in total. The van der Waals surface area contributed by atoms with Crippen molar-refractivity contribution in [3.05, 3.63) is 0 Å². The van der Waals surface area contributed by atoms with Crippen LogP contribution in [0.1, 0.15) is 66.7 Å². The molecular formula is C13H27NO. The molecule has 0 fully saturated rings. The maximum absolute atomic E-state index is 12.0. The maximum atomic E-state index is 12.0. The van der Waals surface area contributed by atoms with Crippen LogP contribution < -0.4 is 0 Å². The van der Waals surface area contributed by atoms with Gasteiger partial charge in [0.25, 0.3) is 0 Å². The third-order valence-corrected chi connectivity index (χ3v) is 3.16. The Balaban J connectivity index is 4.40. The van der Waals surface area contributed by atoms with Crippen molar-refractivity contribution in [3.63, 3.8) is 0 Å². The quantitative estimate of drug-likeness (QED) is 0.632. The molecule has 0 aromatic carbocycles. The summed E-state index contributed by atoms with van der Waals surface area (Å²) in [6.07, 6.45) is 4.92. The van der Waals surface area contributed by atoms with Crippen molar-refractivity contribution in [3.8, 4) is 0 Å². The van der Waals surface area contributed by atoms with E-state index in [2.05, 4.69) is 39.5 Å². The molecule has 0 saturated heterocycles. The lowest BCUT2D eigenvalue weighted by atomic mass is 10.1. The monoisotopic (exact) mass is 213 g/mol. The first-order valence-corrected chi connectivity index (χ1v) is 6.39. The first-order chi connectivity index (χ1) is 7.08. The maximum Gasteiger partial charge on any atom is 0.223 e. The highest BCUT2D eigenvalue weighted by Crippen LogP contribution is 2.14. The fraction of sp³-hybridized carbons (Fsp3) is 0.923. The van der Waals surface area contributed by atoms with E-state index in [0.717, 1.165) is 25.7 Å². The minimum absolute atomic E-state index is 0.334. The van der Waals surface area contributed by atoms with Crippen LogP contribution in [0.2, 0.25) is 0 Å². The zero-order chi connectivity index (χ0) is 11.8. The van der Waals surface area contributed by atoms with Crippen LogP contribution in [0.5, 0.6) is 0 Å². The van der Waals surface area contributed by atoms with E-state index in [1.807, 2.05) is 0 Å². The molecular weight excluding hydrogens is 186 g/mol. The largest absolute Gasteiger partial charge is 0.337 e. The molecule has 0 aromatic rings. The number of carbonyl (C=O) groups excluding carboxylic acids is 1. The van der Waals surface area contributed by atoms with Gasteiger partial charge in [-0.15, -0.1) is 0 Å². The molecule has 0 aromatic heterocycles. The van der Waals surface area contributed by atoms with Crippen molar-refractivity contribution in [2.24, 2.45) is 0 Å². The van der Waals surface area contributed by atoms with Gasteiger partial charge in [-0.3, -0.25) is 4.79 Å². The predicted molar refractivity (Wildman–Crippen MR) is 65.9 cm³/mol. The fourth-order valence-corrected chi connectivity index (χ4v) is 1.78. The highest BCUT2D eigenvalue weighted by atomic mass is 16.2. The summed E-state index contributed by atoms with van der Waals surface area (Å²) >= 11 is 0. The lowest BCUT2D eigenvalue weighted by Gasteiger charge is -2.34. The highest BCUT2D eigenvalue weighted by molar-refractivity contribution is 5.76. The molecule has 0 aliphatic heterocycles. The van der Waals surface area contributed by atoms with Gasteiger partial charge in [-0.25, -0.2) is 0 Å². The van der Waals surface area contributed by atoms with Crippen molar-refractivity contribution in [1.29, 1.82) is 0 Å². The Hall–Kier alpha value is -0.530. The lowest BCUT2D eigenvalue weighted by molar-refractivity contribution is -0.135. The zero-order valence-corrected chi connectivity index (χ0v) is 11.0. The molecule has 0 radical (unpaired) electrons. The molecule has 2 heteroatoms. The molecule has 0 bridgehead atoms. The van der Waals surface area contributed by atoms with E-state index >= 15 is 0 Å². The summed E-state index contributed by atoms with van der Waals surface area (Å²) in [4.78, 5) is 14.1. The summed E-state index contributed by atoms with van der Waals surface area (Å²) in [6, 6.07) is 0.758. The van der Waals surface area contributed by atoms with Gasteiger partial charge in [0.15, 0.2) is 0 Å². The average molecular weight is 213 g/mol. The second kappa shape index (κ2) is 7.72. The van der Waals surface area contributed by atoms with Gasteiger partial charge in [-0.05, 0) is 33.1 Å². The number of unbranched alkanes of at least 4 members (excludes halogenated alkanes) is 1. The Kier molecular flexibility index (Phi) is 7.45. The molecule has 0 saturated carbocycles. The molecule has 2 unspecified atom stereocenters. The highest BCUT2D eigenvalue weighted by Gasteiger charge is 2.22.